The van der Waals surface area contributed by atoms with Crippen LogP contribution in [0.3, 0.4) is 0 Å². The predicted octanol–water partition coefficient (Wildman–Crippen LogP) is 5.10. The van der Waals surface area contributed by atoms with Gasteiger partial charge in [0.2, 0.25) is 0 Å². The largest absolute Gasteiger partial charge is 0.494 e. The van der Waals surface area contributed by atoms with Gasteiger partial charge in [0.1, 0.15) is 17.3 Å². The molecule has 0 aliphatic carbocycles. The Balaban J connectivity index is 1.75. The van der Waals surface area contributed by atoms with Crippen molar-refractivity contribution in [1.29, 1.82) is 0 Å². The number of fused-ring (bicyclic) bond motifs is 2. The van der Waals surface area contributed by atoms with Gasteiger partial charge in [0, 0.05) is 43.9 Å². The second kappa shape index (κ2) is 12.5. The number of rotatable bonds is 11. The molecule has 5 rings (SSSR count). The van der Waals surface area contributed by atoms with Gasteiger partial charge < -0.3 is 20.5 Å². The highest BCUT2D eigenvalue weighted by Gasteiger charge is 2.24. The van der Waals surface area contributed by atoms with E-state index >= 15 is 0 Å². The lowest BCUT2D eigenvalue weighted by molar-refractivity contribution is 0.309. The number of nitrogens with one attached hydrogen (secondary N) is 1. The fourth-order valence-corrected chi connectivity index (χ4v) is 5.15. The zero-order valence-electron chi connectivity index (χ0n) is 24.6. The third kappa shape index (κ3) is 5.47. The van der Waals surface area contributed by atoms with Gasteiger partial charge in [0.15, 0.2) is 5.65 Å². The molecule has 2 heterocycles. The van der Waals surface area contributed by atoms with Crippen LogP contribution in [0.2, 0.25) is 0 Å². The molecule has 0 saturated heterocycles. The summed E-state index contributed by atoms with van der Waals surface area (Å²) in [5.74, 6) is 1.74. The average molecular weight is 568 g/mol. The second-order valence-corrected chi connectivity index (χ2v) is 10.3. The molecule has 0 aliphatic rings. The van der Waals surface area contributed by atoms with Crippen LogP contribution in [0.1, 0.15) is 37.8 Å². The molecule has 0 saturated carbocycles. The van der Waals surface area contributed by atoms with Gasteiger partial charge in [-0.2, -0.15) is 0 Å². The Bertz CT molecular complexity index is 1880. The maximum atomic E-state index is 13.7. The quantitative estimate of drug-likeness (QED) is 0.228. The Morgan fingerprint density at radius 3 is 2.36 bits per heavy atom. The van der Waals surface area contributed by atoms with Gasteiger partial charge in [0.25, 0.3) is 5.56 Å². The highest BCUT2D eigenvalue weighted by atomic mass is 16.5. The maximum absolute atomic E-state index is 13.7. The summed E-state index contributed by atoms with van der Waals surface area (Å²) in [4.78, 5) is 31.6. The van der Waals surface area contributed by atoms with E-state index in [1.165, 1.54) is 11.6 Å². The Labute approximate surface area is 244 Å². The topological polar surface area (TPSA) is 113 Å². The van der Waals surface area contributed by atoms with Crippen molar-refractivity contribution in [3.63, 3.8) is 0 Å². The summed E-state index contributed by atoms with van der Waals surface area (Å²) in [6.45, 7) is 5.67. The predicted molar refractivity (Wildman–Crippen MR) is 168 cm³/mol. The van der Waals surface area contributed by atoms with Gasteiger partial charge in [-0.3, -0.25) is 13.9 Å². The minimum atomic E-state index is -0.464. The van der Waals surface area contributed by atoms with Crippen molar-refractivity contribution in [1.82, 2.24) is 14.1 Å². The number of pyridine rings is 1. The molecule has 0 amide bonds. The molecule has 0 radical (unpaired) electrons. The van der Waals surface area contributed by atoms with E-state index in [9.17, 15) is 9.59 Å². The number of nitrogens with zero attached hydrogens (tertiary/aromatic N) is 3. The molecule has 0 bridgehead atoms. The van der Waals surface area contributed by atoms with Crippen molar-refractivity contribution < 1.29 is 9.47 Å². The molecule has 5 aromatic rings. The molecule has 0 unspecified atom stereocenters. The molecule has 0 fully saturated rings. The summed E-state index contributed by atoms with van der Waals surface area (Å²) in [7, 11) is 3.09. The minimum absolute atomic E-state index is 0.0948. The van der Waals surface area contributed by atoms with Crippen LogP contribution in [0.5, 0.6) is 11.5 Å². The first kappa shape index (κ1) is 28.9. The van der Waals surface area contributed by atoms with Gasteiger partial charge >= 0.3 is 5.69 Å². The SMILES string of the molecule is CCCOc1ccc(OCCC)c(-c2c(CN)c(NCc3ccc4ccccc4c3)nc3c2c(=O)n(C)c(=O)n3C)c1. The summed E-state index contributed by atoms with van der Waals surface area (Å²) in [5.41, 5.74) is 8.71. The molecule has 2 aromatic heterocycles. The highest BCUT2D eigenvalue weighted by Crippen LogP contribution is 2.40. The first-order chi connectivity index (χ1) is 20.4. The zero-order chi connectivity index (χ0) is 29.8. The van der Waals surface area contributed by atoms with E-state index in [1.54, 1.807) is 7.05 Å². The number of hydrogen-bond acceptors (Lipinski definition) is 7. The molecule has 9 heteroatoms. The lowest BCUT2D eigenvalue weighted by Gasteiger charge is -2.21. The Hall–Kier alpha value is -4.63. The Morgan fingerprint density at radius 1 is 0.881 bits per heavy atom. The third-order valence-electron chi connectivity index (χ3n) is 7.32. The number of nitrogens with two attached hydrogens (primary N) is 1. The second-order valence-electron chi connectivity index (χ2n) is 10.3. The van der Waals surface area contributed by atoms with Crippen molar-refractivity contribution in [2.24, 2.45) is 19.8 Å². The molecular formula is C33H37N5O4. The fourth-order valence-electron chi connectivity index (χ4n) is 5.15. The number of benzene rings is 3. The van der Waals surface area contributed by atoms with E-state index in [4.69, 9.17) is 20.2 Å². The van der Waals surface area contributed by atoms with E-state index in [1.807, 2.05) is 44.2 Å². The van der Waals surface area contributed by atoms with Gasteiger partial charge in [-0.25, -0.2) is 9.78 Å². The Kier molecular flexibility index (Phi) is 8.59. The summed E-state index contributed by atoms with van der Waals surface area (Å²) in [6, 6.07) is 20.1. The molecule has 3 aromatic carbocycles. The molecule has 0 aliphatic heterocycles. The smallest absolute Gasteiger partial charge is 0.332 e. The van der Waals surface area contributed by atoms with Crippen LogP contribution >= 0.6 is 0 Å². The molecule has 0 spiro atoms. The van der Waals surface area contributed by atoms with E-state index in [0.29, 0.717) is 59.2 Å². The monoisotopic (exact) mass is 567 g/mol. The van der Waals surface area contributed by atoms with Crippen LogP contribution in [-0.4, -0.2) is 27.3 Å². The summed E-state index contributed by atoms with van der Waals surface area (Å²) in [6.07, 6.45) is 1.66. The number of anilines is 1. The highest BCUT2D eigenvalue weighted by molar-refractivity contribution is 5.98. The average Bonchev–Trinajstić information content (AvgIpc) is 3.02. The van der Waals surface area contributed by atoms with Gasteiger partial charge in [-0.05, 0) is 53.4 Å². The van der Waals surface area contributed by atoms with Crippen LogP contribution in [0.4, 0.5) is 5.82 Å². The molecule has 3 N–H and O–H groups in total. The normalized spacial score (nSPS) is 11.3. The number of hydrogen-bond donors (Lipinski definition) is 2. The van der Waals surface area contributed by atoms with E-state index < -0.39 is 11.2 Å². The van der Waals surface area contributed by atoms with Crippen molar-refractivity contribution in [3.8, 4) is 22.6 Å². The lowest BCUT2D eigenvalue weighted by atomic mass is 9.95. The summed E-state index contributed by atoms with van der Waals surface area (Å²) < 4.78 is 14.6. The van der Waals surface area contributed by atoms with Crippen molar-refractivity contribution in [2.75, 3.05) is 18.5 Å². The molecule has 9 nitrogen and oxygen atoms in total. The third-order valence-corrected chi connectivity index (χ3v) is 7.32. The number of aromatic nitrogens is 3. The lowest BCUT2D eigenvalue weighted by Crippen LogP contribution is -2.38. The van der Waals surface area contributed by atoms with E-state index in [0.717, 1.165) is 33.7 Å². The standard InChI is InChI=1S/C33H37N5O4/c1-5-15-41-24-13-14-27(42-16-6-2)25(18-24)28-26(19-34)30(36-31-29(28)32(39)38(4)33(40)37(31)3)35-20-21-11-12-22-9-7-8-10-23(22)17-21/h7-14,17-18H,5-6,15-16,19-20,34H2,1-4H3,(H,35,36). The summed E-state index contributed by atoms with van der Waals surface area (Å²) in [5, 5.41) is 6.04. The van der Waals surface area contributed by atoms with E-state index in [-0.39, 0.29) is 12.2 Å². The number of ether oxygens (including phenoxy) is 2. The minimum Gasteiger partial charge on any atom is -0.494 e. The van der Waals surface area contributed by atoms with Gasteiger partial charge in [0.05, 0.1) is 18.6 Å². The van der Waals surface area contributed by atoms with Crippen LogP contribution in [0.15, 0.2) is 70.3 Å². The summed E-state index contributed by atoms with van der Waals surface area (Å²) >= 11 is 0. The molecule has 0 atom stereocenters. The maximum Gasteiger partial charge on any atom is 0.332 e. The van der Waals surface area contributed by atoms with Crippen molar-refractivity contribution in [3.05, 3.63) is 92.6 Å². The van der Waals surface area contributed by atoms with E-state index in [2.05, 4.69) is 35.6 Å². The van der Waals surface area contributed by atoms with Crippen LogP contribution in [-0.2, 0) is 27.2 Å². The first-order valence-corrected chi connectivity index (χ1v) is 14.3. The molecule has 42 heavy (non-hydrogen) atoms. The van der Waals surface area contributed by atoms with Gasteiger partial charge in [-0.15, -0.1) is 0 Å². The van der Waals surface area contributed by atoms with Crippen molar-refractivity contribution in [2.45, 2.75) is 39.8 Å². The van der Waals surface area contributed by atoms with Crippen LogP contribution < -0.4 is 31.8 Å². The molecule has 218 valence electrons. The van der Waals surface area contributed by atoms with Crippen LogP contribution in [0, 0.1) is 0 Å². The van der Waals surface area contributed by atoms with Crippen molar-refractivity contribution >= 4 is 27.6 Å². The fraction of sp³-hybridized carbons (Fsp3) is 0.303. The number of aryl methyl sites for hydroxylation is 1. The van der Waals surface area contributed by atoms with Crippen LogP contribution in [0.25, 0.3) is 32.9 Å². The van der Waals surface area contributed by atoms with Gasteiger partial charge in [-0.1, -0.05) is 50.2 Å². The Morgan fingerprint density at radius 2 is 1.62 bits per heavy atom. The zero-order valence-corrected chi connectivity index (χ0v) is 24.6. The first-order valence-electron chi connectivity index (χ1n) is 14.3. The molecular weight excluding hydrogens is 530 g/mol.